The van der Waals surface area contributed by atoms with E-state index < -0.39 is 10.0 Å². The van der Waals surface area contributed by atoms with E-state index in [1.165, 1.54) is 4.31 Å². The van der Waals surface area contributed by atoms with E-state index in [-0.39, 0.29) is 17.9 Å². The van der Waals surface area contributed by atoms with Crippen LogP contribution in [0.3, 0.4) is 0 Å². The smallest absolute Gasteiger partial charge is 0.243 e. The van der Waals surface area contributed by atoms with Crippen LogP contribution in [0.15, 0.2) is 47.5 Å². The van der Waals surface area contributed by atoms with Crippen molar-refractivity contribution in [3.8, 4) is 0 Å². The van der Waals surface area contributed by atoms with Crippen molar-refractivity contribution in [1.29, 1.82) is 0 Å². The highest BCUT2D eigenvalue weighted by molar-refractivity contribution is 7.89. The number of aromatic nitrogens is 1. The molecule has 0 aliphatic carbocycles. The normalized spacial score (nSPS) is 21.4. The lowest BCUT2D eigenvalue weighted by Crippen LogP contribution is -2.44. The topological polar surface area (TPSA) is 73.5 Å². The van der Waals surface area contributed by atoms with Crippen molar-refractivity contribution in [2.45, 2.75) is 56.4 Å². The molecule has 162 valence electrons. The first-order valence-corrected chi connectivity index (χ1v) is 12.4. The molecule has 2 aliphatic heterocycles. The minimum atomic E-state index is -3.52. The Bertz CT molecular complexity index is 960. The molecule has 0 radical (unpaired) electrons. The summed E-state index contributed by atoms with van der Waals surface area (Å²) in [5, 5.41) is 0. The summed E-state index contributed by atoms with van der Waals surface area (Å²) in [7, 11) is -3.52. The summed E-state index contributed by atoms with van der Waals surface area (Å²) in [5.41, 5.74) is 2.21. The number of H-pyrrole nitrogens is 1. The van der Waals surface area contributed by atoms with E-state index in [0.29, 0.717) is 36.7 Å². The fourth-order valence-electron chi connectivity index (χ4n) is 4.66. The molecule has 3 heterocycles. The van der Waals surface area contributed by atoms with Gasteiger partial charge < -0.3 is 9.88 Å². The Hall–Kier alpha value is -2.12. The van der Waals surface area contributed by atoms with Crippen LogP contribution in [0.1, 0.15) is 62.7 Å². The Morgan fingerprint density at radius 2 is 1.73 bits per heavy atom. The maximum atomic E-state index is 13.2. The molecule has 1 atom stereocenters. The zero-order chi connectivity index (χ0) is 21.3. The van der Waals surface area contributed by atoms with Crippen molar-refractivity contribution in [2.24, 2.45) is 5.92 Å². The van der Waals surface area contributed by atoms with Gasteiger partial charge in [0, 0.05) is 37.4 Å². The van der Waals surface area contributed by atoms with Gasteiger partial charge in [-0.15, -0.1) is 0 Å². The van der Waals surface area contributed by atoms with Gasteiger partial charge >= 0.3 is 0 Å². The lowest BCUT2D eigenvalue weighted by atomic mass is 9.96. The summed E-state index contributed by atoms with van der Waals surface area (Å²) in [4.78, 5) is 18.7. The van der Waals surface area contributed by atoms with E-state index in [4.69, 9.17) is 0 Å². The molecule has 4 rings (SSSR count). The fourth-order valence-corrected chi connectivity index (χ4v) is 6.13. The average Bonchev–Trinajstić information content (AvgIpc) is 3.45. The lowest BCUT2D eigenvalue weighted by Gasteiger charge is -2.34. The van der Waals surface area contributed by atoms with E-state index in [2.05, 4.69) is 18.8 Å². The SMILES string of the molecule is CC(C)c1ccc(S(=O)(=O)N2CCC(C(=O)N3CCC[C@H]3c3ccc[nH]3)CC2)cc1. The quantitative estimate of drug-likeness (QED) is 0.783. The van der Waals surface area contributed by atoms with Gasteiger partial charge in [-0.2, -0.15) is 4.31 Å². The highest BCUT2D eigenvalue weighted by Gasteiger charge is 2.37. The molecule has 1 aromatic carbocycles. The maximum Gasteiger partial charge on any atom is 0.243 e. The Labute approximate surface area is 179 Å². The van der Waals surface area contributed by atoms with E-state index in [1.54, 1.807) is 12.1 Å². The zero-order valence-electron chi connectivity index (χ0n) is 17.8. The number of likely N-dealkylation sites (tertiary alicyclic amines) is 1. The lowest BCUT2D eigenvalue weighted by molar-refractivity contribution is -0.137. The molecule has 1 N–H and O–H groups in total. The van der Waals surface area contributed by atoms with Crippen LogP contribution in [-0.4, -0.2) is 48.1 Å². The molecule has 2 saturated heterocycles. The molecule has 0 bridgehead atoms. The van der Waals surface area contributed by atoms with Gasteiger partial charge in [0.2, 0.25) is 15.9 Å². The monoisotopic (exact) mass is 429 g/mol. The van der Waals surface area contributed by atoms with E-state index in [0.717, 1.165) is 30.6 Å². The number of nitrogens with one attached hydrogen (secondary N) is 1. The first kappa shape index (κ1) is 21.1. The number of benzene rings is 1. The zero-order valence-corrected chi connectivity index (χ0v) is 18.6. The number of hydrogen-bond donors (Lipinski definition) is 1. The van der Waals surface area contributed by atoms with Crippen LogP contribution in [0.5, 0.6) is 0 Å². The van der Waals surface area contributed by atoms with E-state index in [1.807, 2.05) is 35.4 Å². The number of hydrogen-bond acceptors (Lipinski definition) is 3. The second kappa shape index (κ2) is 8.55. The fraction of sp³-hybridized carbons (Fsp3) is 0.522. The molecule has 2 fully saturated rings. The number of carbonyl (C=O) groups excluding carboxylic acids is 1. The third-order valence-electron chi connectivity index (χ3n) is 6.50. The predicted octanol–water partition coefficient (Wildman–Crippen LogP) is 3.90. The van der Waals surface area contributed by atoms with Gasteiger partial charge in [0.25, 0.3) is 0 Å². The molecular weight excluding hydrogens is 398 g/mol. The molecule has 2 aliphatic rings. The van der Waals surface area contributed by atoms with Crippen LogP contribution in [0.25, 0.3) is 0 Å². The molecule has 1 amide bonds. The second-order valence-corrected chi connectivity index (χ2v) is 10.7. The molecule has 0 unspecified atom stereocenters. The van der Waals surface area contributed by atoms with Crippen molar-refractivity contribution >= 4 is 15.9 Å². The molecule has 1 aromatic heterocycles. The van der Waals surface area contributed by atoms with Crippen LogP contribution >= 0.6 is 0 Å². The van der Waals surface area contributed by atoms with Crippen molar-refractivity contribution in [3.63, 3.8) is 0 Å². The third-order valence-corrected chi connectivity index (χ3v) is 8.42. The number of sulfonamides is 1. The number of rotatable bonds is 5. The van der Waals surface area contributed by atoms with Crippen LogP contribution in [0, 0.1) is 5.92 Å². The van der Waals surface area contributed by atoms with Gasteiger partial charge in [-0.25, -0.2) is 8.42 Å². The Morgan fingerprint density at radius 1 is 1.03 bits per heavy atom. The highest BCUT2D eigenvalue weighted by Crippen LogP contribution is 2.34. The third kappa shape index (κ3) is 4.05. The molecule has 2 aromatic rings. The molecular formula is C23H31N3O3S. The summed E-state index contributed by atoms with van der Waals surface area (Å²) < 4.78 is 27.6. The van der Waals surface area contributed by atoms with Gasteiger partial charge in [0.15, 0.2) is 0 Å². The van der Waals surface area contributed by atoms with Crippen molar-refractivity contribution in [1.82, 2.24) is 14.2 Å². The maximum absolute atomic E-state index is 13.2. The summed E-state index contributed by atoms with van der Waals surface area (Å²) in [5.74, 6) is 0.435. The number of piperidine rings is 1. The Kier molecular flexibility index (Phi) is 6.02. The van der Waals surface area contributed by atoms with Crippen molar-refractivity contribution < 1.29 is 13.2 Å². The van der Waals surface area contributed by atoms with Crippen LogP contribution in [0.4, 0.5) is 0 Å². The summed E-state index contributed by atoms with van der Waals surface area (Å²) >= 11 is 0. The van der Waals surface area contributed by atoms with Crippen molar-refractivity contribution in [3.05, 3.63) is 53.9 Å². The van der Waals surface area contributed by atoms with Crippen molar-refractivity contribution in [2.75, 3.05) is 19.6 Å². The number of amides is 1. The van der Waals surface area contributed by atoms with Gasteiger partial charge in [-0.05, 0) is 61.4 Å². The molecule has 7 heteroatoms. The van der Waals surface area contributed by atoms with Crippen LogP contribution < -0.4 is 0 Å². The predicted molar refractivity (Wildman–Crippen MR) is 116 cm³/mol. The first-order chi connectivity index (χ1) is 14.4. The van der Waals surface area contributed by atoms with Crippen LogP contribution in [-0.2, 0) is 14.8 Å². The average molecular weight is 430 g/mol. The summed E-state index contributed by atoms with van der Waals surface area (Å²) in [6, 6.07) is 11.3. The van der Waals surface area contributed by atoms with Gasteiger partial charge in [0.1, 0.15) is 0 Å². The summed E-state index contributed by atoms with van der Waals surface area (Å²) in [6.07, 6.45) is 5.04. The number of aromatic amines is 1. The number of carbonyl (C=O) groups is 1. The minimum Gasteiger partial charge on any atom is -0.363 e. The standard InChI is InChI=1S/C23H31N3O3S/c1-17(2)18-7-9-20(10-8-18)30(28,29)25-15-11-19(12-16-25)23(27)26-14-4-6-22(26)21-5-3-13-24-21/h3,5,7-10,13,17,19,22,24H,4,6,11-12,14-16H2,1-2H3/t22-/m0/s1. The largest absolute Gasteiger partial charge is 0.363 e. The summed E-state index contributed by atoms with van der Waals surface area (Å²) in [6.45, 7) is 5.75. The number of nitrogens with zero attached hydrogens (tertiary/aromatic N) is 2. The Morgan fingerprint density at radius 3 is 2.33 bits per heavy atom. The highest BCUT2D eigenvalue weighted by atomic mass is 32.2. The molecule has 6 nitrogen and oxygen atoms in total. The second-order valence-electron chi connectivity index (χ2n) is 8.72. The van der Waals surface area contributed by atoms with E-state index in [9.17, 15) is 13.2 Å². The Balaban J connectivity index is 1.40. The van der Waals surface area contributed by atoms with E-state index >= 15 is 0 Å². The molecule has 0 spiro atoms. The van der Waals surface area contributed by atoms with Gasteiger partial charge in [0.05, 0.1) is 10.9 Å². The minimum absolute atomic E-state index is 0.102. The van der Waals surface area contributed by atoms with Gasteiger partial charge in [-0.3, -0.25) is 4.79 Å². The molecule has 30 heavy (non-hydrogen) atoms. The first-order valence-electron chi connectivity index (χ1n) is 10.9. The molecule has 0 saturated carbocycles. The van der Waals surface area contributed by atoms with Crippen LogP contribution in [0.2, 0.25) is 0 Å². The van der Waals surface area contributed by atoms with Gasteiger partial charge in [-0.1, -0.05) is 26.0 Å².